The van der Waals surface area contributed by atoms with Gasteiger partial charge in [0.2, 0.25) is 0 Å². The second-order valence-corrected chi connectivity index (χ2v) is 7.26. The third-order valence-electron chi connectivity index (χ3n) is 5.33. The first kappa shape index (κ1) is 22.6. The molecule has 1 heterocycles. The topological polar surface area (TPSA) is 99.9 Å². The normalized spacial score (nSPS) is 10.6. The molecule has 172 valence electrons. The summed E-state index contributed by atoms with van der Waals surface area (Å²) in [5.41, 5.74) is 2.28. The summed E-state index contributed by atoms with van der Waals surface area (Å²) in [6, 6.07) is 21.2. The Morgan fingerprint density at radius 3 is 2.09 bits per heavy atom. The summed E-state index contributed by atoms with van der Waals surface area (Å²) in [4.78, 5) is 25.6. The minimum Gasteiger partial charge on any atom is -0.507 e. The summed E-state index contributed by atoms with van der Waals surface area (Å²) in [7, 11) is 4.01. The van der Waals surface area contributed by atoms with Crippen LogP contribution in [-0.2, 0) is 9.47 Å². The van der Waals surface area contributed by atoms with Gasteiger partial charge in [-0.3, -0.25) is 0 Å². The molecule has 0 fully saturated rings. The van der Waals surface area contributed by atoms with Gasteiger partial charge in [-0.25, -0.2) is 14.3 Å². The highest BCUT2D eigenvalue weighted by molar-refractivity contribution is 6.07. The Hall–Kier alpha value is -4.59. The lowest BCUT2D eigenvalue weighted by molar-refractivity contribution is 0.0549. The molecule has 0 amide bonds. The van der Waals surface area contributed by atoms with Crippen LogP contribution in [0.4, 0.5) is 0 Å². The second kappa shape index (κ2) is 9.50. The number of rotatable bonds is 6. The highest BCUT2D eigenvalue weighted by Gasteiger charge is 2.32. The second-order valence-electron chi connectivity index (χ2n) is 7.26. The Kier molecular flexibility index (Phi) is 6.31. The number of carbonyl (C=O) groups is 2. The monoisotopic (exact) mass is 458 g/mol. The Labute approximate surface area is 195 Å². The van der Waals surface area contributed by atoms with Crippen molar-refractivity contribution in [2.75, 3.05) is 21.3 Å². The SMILES string of the molecule is COC(=O)c1c(-c2cc(-c3ccc(OC)cc3)ccc2O)nn(-c2ccccc2)c1C(=O)OC. The Morgan fingerprint density at radius 1 is 0.824 bits per heavy atom. The standard InChI is InChI=1S/C26H22N2O6/c1-32-19-12-9-16(10-13-19)17-11-14-21(29)20(15-17)23-22(25(30)33-2)24(26(31)34-3)28(27-23)18-7-5-4-6-8-18/h4-15,29H,1-3H3. The molecule has 0 aliphatic carbocycles. The van der Waals surface area contributed by atoms with Gasteiger partial charge >= 0.3 is 11.9 Å². The number of aromatic nitrogens is 2. The van der Waals surface area contributed by atoms with Gasteiger partial charge < -0.3 is 19.3 Å². The molecular formula is C26H22N2O6. The lowest BCUT2D eigenvalue weighted by atomic mass is 9.98. The van der Waals surface area contributed by atoms with E-state index < -0.39 is 11.9 Å². The molecule has 1 N–H and O–H groups in total. The van der Waals surface area contributed by atoms with E-state index >= 15 is 0 Å². The van der Waals surface area contributed by atoms with E-state index in [2.05, 4.69) is 5.10 Å². The number of aromatic hydroxyl groups is 1. The first-order chi connectivity index (χ1) is 16.5. The molecule has 0 aliphatic rings. The summed E-state index contributed by atoms with van der Waals surface area (Å²) >= 11 is 0. The summed E-state index contributed by atoms with van der Waals surface area (Å²) in [6.45, 7) is 0. The molecule has 0 spiro atoms. The number of nitrogens with zero attached hydrogens (tertiary/aromatic N) is 2. The van der Waals surface area contributed by atoms with Crippen LogP contribution in [0.15, 0.2) is 72.8 Å². The van der Waals surface area contributed by atoms with Crippen LogP contribution in [0.2, 0.25) is 0 Å². The van der Waals surface area contributed by atoms with Gasteiger partial charge in [-0.2, -0.15) is 5.10 Å². The Bertz CT molecular complexity index is 1340. The van der Waals surface area contributed by atoms with Crippen molar-refractivity contribution in [2.45, 2.75) is 0 Å². The van der Waals surface area contributed by atoms with Crippen molar-refractivity contribution in [3.8, 4) is 39.6 Å². The molecule has 4 aromatic rings. The summed E-state index contributed by atoms with van der Waals surface area (Å²) < 4.78 is 16.4. The largest absolute Gasteiger partial charge is 0.507 e. The Balaban J connectivity index is 1.97. The van der Waals surface area contributed by atoms with Crippen LogP contribution in [0.5, 0.6) is 11.5 Å². The van der Waals surface area contributed by atoms with Crippen LogP contribution >= 0.6 is 0 Å². The number of hydrogen-bond acceptors (Lipinski definition) is 7. The minimum atomic E-state index is -0.785. The fourth-order valence-corrected chi connectivity index (χ4v) is 3.63. The Morgan fingerprint density at radius 2 is 1.47 bits per heavy atom. The molecule has 0 bridgehead atoms. The third-order valence-corrected chi connectivity index (χ3v) is 5.33. The number of ether oxygens (including phenoxy) is 3. The molecular weight excluding hydrogens is 436 g/mol. The van der Waals surface area contributed by atoms with E-state index in [1.807, 2.05) is 30.3 Å². The molecule has 8 nitrogen and oxygen atoms in total. The molecule has 0 saturated heterocycles. The van der Waals surface area contributed by atoms with E-state index in [1.54, 1.807) is 43.5 Å². The molecule has 0 radical (unpaired) electrons. The highest BCUT2D eigenvalue weighted by Crippen LogP contribution is 2.37. The predicted molar refractivity (Wildman–Crippen MR) is 125 cm³/mol. The van der Waals surface area contributed by atoms with Crippen molar-refractivity contribution >= 4 is 11.9 Å². The van der Waals surface area contributed by atoms with E-state index in [1.165, 1.54) is 25.0 Å². The molecule has 4 rings (SSSR count). The molecule has 34 heavy (non-hydrogen) atoms. The van der Waals surface area contributed by atoms with Crippen LogP contribution in [-0.4, -0.2) is 48.2 Å². The average molecular weight is 458 g/mol. The number of esters is 2. The van der Waals surface area contributed by atoms with E-state index in [0.29, 0.717) is 11.4 Å². The van der Waals surface area contributed by atoms with Gasteiger partial charge in [0.25, 0.3) is 0 Å². The van der Waals surface area contributed by atoms with E-state index in [9.17, 15) is 14.7 Å². The van der Waals surface area contributed by atoms with Crippen molar-refractivity contribution in [2.24, 2.45) is 0 Å². The summed E-state index contributed by atoms with van der Waals surface area (Å²) in [5.74, 6) is -0.961. The van der Waals surface area contributed by atoms with Crippen molar-refractivity contribution in [3.05, 3.63) is 84.1 Å². The quantitative estimate of drug-likeness (QED) is 0.425. The van der Waals surface area contributed by atoms with E-state index in [4.69, 9.17) is 14.2 Å². The van der Waals surface area contributed by atoms with Gasteiger partial charge in [-0.1, -0.05) is 36.4 Å². The number of methoxy groups -OCH3 is 3. The maximum atomic E-state index is 12.9. The van der Waals surface area contributed by atoms with Gasteiger partial charge in [0.05, 0.1) is 27.0 Å². The van der Waals surface area contributed by atoms with Crippen LogP contribution in [0.1, 0.15) is 20.8 Å². The number of carbonyl (C=O) groups excluding carboxylic acids is 2. The first-order valence-corrected chi connectivity index (χ1v) is 10.3. The number of benzene rings is 3. The van der Waals surface area contributed by atoms with Gasteiger partial charge in [0, 0.05) is 5.56 Å². The zero-order valence-electron chi connectivity index (χ0n) is 18.8. The third kappa shape index (κ3) is 4.09. The predicted octanol–water partition coefficient (Wildman–Crippen LogP) is 4.49. The first-order valence-electron chi connectivity index (χ1n) is 10.3. The molecule has 1 aromatic heterocycles. The van der Waals surface area contributed by atoms with E-state index in [0.717, 1.165) is 11.1 Å². The number of phenols is 1. The molecule has 0 unspecified atom stereocenters. The molecule has 8 heteroatoms. The van der Waals surface area contributed by atoms with Crippen molar-refractivity contribution in [1.29, 1.82) is 0 Å². The lowest BCUT2D eigenvalue weighted by Gasteiger charge is -2.09. The highest BCUT2D eigenvalue weighted by atomic mass is 16.5. The number of phenolic OH excluding ortho intramolecular Hbond substituents is 1. The van der Waals surface area contributed by atoms with Gasteiger partial charge in [0.1, 0.15) is 22.8 Å². The zero-order chi connectivity index (χ0) is 24.2. The van der Waals surface area contributed by atoms with Crippen LogP contribution in [0.25, 0.3) is 28.1 Å². The molecule has 3 aromatic carbocycles. The maximum absolute atomic E-state index is 12.9. The molecule has 0 atom stereocenters. The average Bonchev–Trinajstić information content (AvgIpc) is 3.29. The van der Waals surface area contributed by atoms with Crippen molar-refractivity contribution < 1.29 is 28.9 Å². The number of hydrogen-bond donors (Lipinski definition) is 1. The fraction of sp³-hybridized carbons (Fsp3) is 0.115. The van der Waals surface area contributed by atoms with Crippen molar-refractivity contribution in [1.82, 2.24) is 9.78 Å². The smallest absolute Gasteiger partial charge is 0.357 e. The van der Waals surface area contributed by atoms with Crippen LogP contribution in [0, 0.1) is 0 Å². The van der Waals surface area contributed by atoms with E-state index in [-0.39, 0.29) is 28.3 Å². The molecule has 0 saturated carbocycles. The zero-order valence-corrected chi connectivity index (χ0v) is 18.8. The van der Waals surface area contributed by atoms with Crippen LogP contribution < -0.4 is 4.74 Å². The number of para-hydroxylation sites is 1. The van der Waals surface area contributed by atoms with Gasteiger partial charge in [-0.05, 0) is 47.5 Å². The summed E-state index contributed by atoms with van der Waals surface area (Å²) in [5, 5.41) is 15.3. The summed E-state index contributed by atoms with van der Waals surface area (Å²) in [6.07, 6.45) is 0. The van der Waals surface area contributed by atoms with Gasteiger partial charge in [-0.15, -0.1) is 0 Å². The fourth-order valence-electron chi connectivity index (χ4n) is 3.63. The lowest BCUT2D eigenvalue weighted by Crippen LogP contribution is -2.15. The maximum Gasteiger partial charge on any atom is 0.357 e. The van der Waals surface area contributed by atoms with Crippen molar-refractivity contribution in [3.63, 3.8) is 0 Å². The van der Waals surface area contributed by atoms with Crippen LogP contribution in [0.3, 0.4) is 0 Å². The molecule has 0 aliphatic heterocycles. The minimum absolute atomic E-state index is 0.0870. The van der Waals surface area contributed by atoms with Gasteiger partial charge in [0.15, 0.2) is 5.69 Å².